The monoisotopic (exact) mass is 478 g/mol. The Bertz CT molecular complexity index is 1680. The van der Waals surface area contributed by atoms with Crippen LogP contribution in [0.4, 0.5) is 0 Å². The highest BCUT2D eigenvalue weighted by atomic mass is 32.2. The largest absolute Gasteiger partial charge is 0.330 e. The molecule has 174 valence electrons. The lowest BCUT2D eigenvalue weighted by atomic mass is 10.3. The number of imidazole rings is 1. The molecule has 5 aromatic rings. The maximum absolute atomic E-state index is 12.6. The topological polar surface area (TPSA) is 136 Å². The molecule has 4 heterocycles. The van der Waals surface area contributed by atoms with Crippen LogP contribution in [0.15, 0.2) is 56.1 Å². The maximum Gasteiger partial charge on any atom is 0.330 e. The van der Waals surface area contributed by atoms with Crippen LogP contribution >= 0.6 is 11.8 Å². The normalized spacial score (nSPS) is 11.6. The quantitative estimate of drug-likeness (QED) is 0.269. The Kier molecular flexibility index (Phi) is 5.65. The van der Waals surface area contributed by atoms with E-state index >= 15 is 0 Å². The van der Waals surface area contributed by atoms with Crippen LogP contribution in [0.2, 0.25) is 0 Å². The second-order valence-corrected chi connectivity index (χ2v) is 8.78. The summed E-state index contributed by atoms with van der Waals surface area (Å²) in [6.45, 7) is 2.50. The number of H-pyrrole nitrogens is 2. The third kappa shape index (κ3) is 3.75. The van der Waals surface area contributed by atoms with E-state index in [-0.39, 0.29) is 5.56 Å². The number of rotatable bonds is 7. The average Bonchev–Trinajstić information content (AvgIpc) is 3.40. The number of benzene rings is 1. The van der Waals surface area contributed by atoms with Crippen LogP contribution < -0.4 is 16.8 Å². The summed E-state index contributed by atoms with van der Waals surface area (Å²) in [5.41, 5.74) is 0.723. The fraction of sp³-hybridized carbons (Fsp3) is 0.273. The van der Waals surface area contributed by atoms with E-state index in [1.54, 1.807) is 16.3 Å². The summed E-state index contributed by atoms with van der Waals surface area (Å²) in [7, 11) is 1.74. The fourth-order valence-corrected chi connectivity index (χ4v) is 4.64. The highest BCUT2D eigenvalue weighted by Crippen LogP contribution is 2.22. The Balaban J connectivity index is 1.51. The van der Waals surface area contributed by atoms with E-state index in [1.807, 2.05) is 37.3 Å². The summed E-state index contributed by atoms with van der Waals surface area (Å²) in [6.07, 6.45) is 3.20. The molecule has 0 spiro atoms. The molecular weight excluding hydrogens is 456 g/mol. The zero-order valence-corrected chi connectivity index (χ0v) is 19.4. The molecule has 2 N–H and O–H groups in total. The van der Waals surface area contributed by atoms with Crippen molar-refractivity contribution in [3.63, 3.8) is 0 Å². The van der Waals surface area contributed by atoms with Crippen molar-refractivity contribution >= 4 is 34.0 Å². The van der Waals surface area contributed by atoms with E-state index in [2.05, 4.69) is 25.0 Å². The third-order valence-electron chi connectivity index (χ3n) is 5.60. The summed E-state index contributed by atoms with van der Waals surface area (Å²) < 4.78 is 4.79. The smallest absolute Gasteiger partial charge is 0.325 e. The number of unbranched alkanes of at least 4 members (excludes halogenated alkanes) is 1. The maximum atomic E-state index is 12.6. The molecule has 0 saturated carbocycles. The van der Waals surface area contributed by atoms with Gasteiger partial charge in [0.05, 0.1) is 17.6 Å². The van der Waals surface area contributed by atoms with Gasteiger partial charge in [0.25, 0.3) is 11.1 Å². The van der Waals surface area contributed by atoms with Crippen molar-refractivity contribution in [2.24, 2.45) is 7.05 Å². The predicted octanol–water partition coefficient (Wildman–Crippen LogP) is 1.94. The molecule has 4 aromatic heterocycles. The molecule has 0 aliphatic carbocycles. The number of nitrogens with one attached hydrogen (secondary N) is 2. The first-order valence-electron chi connectivity index (χ1n) is 10.8. The van der Waals surface area contributed by atoms with E-state index in [0.717, 1.165) is 18.5 Å². The summed E-state index contributed by atoms with van der Waals surface area (Å²) in [5, 5.41) is 5.11. The van der Waals surface area contributed by atoms with Gasteiger partial charge in [0.2, 0.25) is 0 Å². The van der Waals surface area contributed by atoms with Gasteiger partial charge < -0.3 is 9.55 Å². The van der Waals surface area contributed by atoms with Crippen LogP contribution in [0.5, 0.6) is 0 Å². The van der Waals surface area contributed by atoms with Crippen LogP contribution in [0.3, 0.4) is 0 Å². The zero-order chi connectivity index (χ0) is 23.8. The number of thioether (sulfide) groups is 1. The Hall–Kier alpha value is -3.93. The van der Waals surface area contributed by atoms with E-state index in [4.69, 9.17) is 0 Å². The number of nitrogens with zero attached hydrogens (tertiary/aromatic N) is 6. The van der Waals surface area contributed by atoms with Crippen molar-refractivity contribution in [3.8, 4) is 5.69 Å². The van der Waals surface area contributed by atoms with Gasteiger partial charge in [-0.3, -0.25) is 19.1 Å². The first kappa shape index (κ1) is 21.9. The molecule has 0 amide bonds. The Morgan fingerprint density at radius 3 is 2.56 bits per heavy atom. The predicted molar refractivity (Wildman–Crippen MR) is 130 cm³/mol. The molecule has 0 fully saturated rings. The summed E-state index contributed by atoms with van der Waals surface area (Å²) in [6, 6.07) is 9.45. The molecule has 34 heavy (non-hydrogen) atoms. The molecule has 0 aliphatic heterocycles. The summed E-state index contributed by atoms with van der Waals surface area (Å²) >= 11 is 1.28. The molecule has 0 radical (unpaired) electrons. The van der Waals surface area contributed by atoms with Crippen LogP contribution in [0.25, 0.3) is 27.9 Å². The van der Waals surface area contributed by atoms with Crippen molar-refractivity contribution in [2.45, 2.75) is 37.2 Å². The first-order valence-corrected chi connectivity index (χ1v) is 11.8. The number of fused-ring (bicyclic) bond motifs is 2. The highest BCUT2D eigenvalue weighted by molar-refractivity contribution is 7.98. The summed E-state index contributed by atoms with van der Waals surface area (Å²) in [4.78, 5) is 51.8. The number of hydrogen-bond donors (Lipinski definition) is 2. The Morgan fingerprint density at radius 2 is 1.79 bits per heavy atom. The zero-order valence-electron chi connectivity index (χ0n) is 18.6. The molecule has 0 bridgehead atoms. The van der Waals surface area contributed by atoms with Gasteiger partial charge in [0.1, 0.15) is 11.2 Å². The molecular formula is C22H22N8O3S. The molecule has 1 aromatic carbocycles. The highest BCUT2D eigenvalue weighted by Gasteiger charge is 2.18. The standard InChI is InChI=1S/C22H22N8O3S/c1-3-4-10-29-18-16(20(32)27-22(29)33)28(2)15(24-18)12-34-21-25-17-14(19(31)26-21)11-23-30(17)13-8-6-5-7-9-13/h5-9,11H,3-4,10,12H2,1-2H3,(H,25,26,31)(H,27,32,33). The van der Waals surface area contributed by atoms with Gasteiger partial charge in [-0.25, -0.2) is 19.4 Å². The van der Waals surface area contributed by atoms with Gasteiger partial charge in [-0.15, -0.1) is 0 Å². The van der Waals surface area contributed by atoms with Crippen LogP contribution in [-0.2, 0) is 19.3 Å². The lowest BCUT2D eigenvalue weighted by molar-refractivity contribution is 0.613. The average molecular weight is 479 g/mol. The van der Waals surface area contributed by atoms with Crippen molar-refractivity contribution in [1.82, 2.24) is 38.9 Å². The van der Waals surface area contributed by atoms with Gasteiger partial charge >= 0.3 is 5.69 Å². The van der Waals surface area contributed by atoms with Crippen molar-refractivity contribution in [2.75, 3.05) is 0 Å². The summed E-state index contributed by atoms with van der Waals surface area (Å²) in [5.74, 6) is 0.918. The van der Waals surface area contributed by atoms with Gasteiger partial charge in [-0.05, 0) is 18.6 Å². The number of aromatic nitrogens is 8. The minimum absolute atomic E-state index is 0.287. The van der Waals surface area contributed by atoms with Crippen molar-refractivity contribution in [1.29, 1.82) is 0 Å². The molecule has 0 atom stereocenters. The second-order valence-electron chi connectivity index (χ2n) is 7.81. The molecule has 5 rings (SSSR count). The van der Waals surface area contributed by atoms with Crippen molar-refractivity contribution in [3.05, 3.63) is 73.5 Å². The van der Waals surface area contributed by atoms with E-state index < -0.39 is 11.2 Å². The SMILES string of the molecule is CCCCn1c(=O)[nH]c(=O)c2c1nc(CSc1nc3c(cnn3-c3ccccc3)c(=O)[nH]1)n2C. The van der Waals surface area contributed by atoms with Gasteiger partial charge in [-0.1, -0.05) is 43.3 Å². The van der Waals surface area contributed by atoms with Crippen LogP contribution in [0, 0.1) is 0 Å². The lowest BCUT2D eigenvalue weighted by Gasteiger charge is -2.05. The second kappa shape index (κ2) is 8.78. The first-order chi connectivity index (χ1) is 16.5. The molecule has 0 unspecified atom stereocenters. The number of aromatic amines is 2. The van der Waals surface area contributed by atoms with E-state index in [9.17, 15) is 14.4 Å². The fourth-order valence-electron chi connectivity index (χ4n) is 3.80. The van der Waals surface area contributed by atoms with Crippen LogP contribution in [0.1, 0.15) is 25.6 Å². The minimum Gasteiger partial charge on any atom is -0.325 e. The van der Waals surface area contributed by atoms with Gasteiger partial charge in [0, 0.05) is 13.6 Å². The number of para-hydroxylation sites is 1. The van der Waals surface area contributed by atoms with E-state index in [1.165, 1.54) is 22.5 Å². The Morgan fingerprint density at radius 1 is 1.00 bits per heavy atom. The van der Waals surface area contributed by atoms with Gasteiger partial charge in [-0.2, -0.15) is 5.10 Å². The number of aryl methyl sites for hydroxylation is 2. The van der Waals surface area contributed by atoms with Gasteiger partial charge in [0.15, 0.2) is 22.0 Å². The van der Waals surface area contributed by atoms with E-state index in [0.29, 0.717) is 45.5 Å². The van der Waals surface area contributed by atoms with Crippen molar-refractivity contribution < 1.29 is 0 Å². The number of hydrogen-bond acceptors (Lipinski definition) is 7. The lowest BCUT2D eigenvalue weighted by Crippen LogP contribution is -2.31. The molecule has 12 heteroatoms. The Labute approximate surface area is 196 Å². The third-order valence-corrected chi connectivity index (χ3v) is 6.47. The molecule has 0 saturated heterocycles. The van der Waals surface area contributed by atoms with Crippen LogP contribution in [-0.4, -0.2) is 38.9 Å². The minimum atomic E-state index is -0.473. The molecule has 11 nitrogen and oxygen atoms in total. The molecule has 0 aliphatic rings.